The number of oxazole rings is 1. The van der Waals surface area contributed by atoms with Crippen molar-refractivity contribution >= 4 is 22.8 Å². The third kappa shape index (κ3) is 4.62. The van der Waals surface area contributed by atoms with Crippen LogP contribution in [0.25, 0.3) is 22.3 Å². The number of nitrogens with one attached hydrogen (secondary N) is 2. The number of rotatable bonds is 6. The van der Waals surface area contributed by atoms with Gasteiger partial charge in [-0.25, -0.2) is 19.3 Å². The molecular formula is C19H14F4N6O. The van der Waals surface area contributed by atoms with E-state index in [1.54, 1.807) is 12.1 Å². The second-order valence-electron chi connectivity index (χ2n) is 6.22. The average molecular weight is 418 g/mol. The maximum absolute atomic E-state index is 13.2. The smallest absolute Gasteiger partial charge is 0.405 e. The van der Waals surface area contributed by atoms with Gasteiger partial charge in [0.05, 0.1) is 24.0 Å². The third-order valence-electron chi connectivity index (χ3n) is 4.02. The van der Waals surface area contributed by atoms with E-state index in [1.807, 2.05) is 0 Å². The van der Waals surface area contributed by atoms with Gasteiger partial charge in [-0.3, -0.25) is 0 Å². The molecule has 30 heavy (non-hydrogen) atoms. The molecule has 2 N–H and O–H groups in total. The highest BCUT2D eigenvalue weighted by Crippen LogP contribution is 2.26. The molecule has 3 aromatic heterocycles. The van der Waals surface area contributed by atoms with Crippen LogP contribution in [0.3, 0.4) is 0 Å². The van der Waals surface area contributed by atoms with Crippen LogP contribution in [-0.4, -0.2) is 32.7 Å². The van der Waals surface area contributed by atoms with Gasteiger partial charge in [0.15, 0.2) is 5.82 Å². The Labute approximate surface area is 167 Å². The van der Waals surface area contributed by atoms with Gasteiger partial charge >= 0.3 is 6.18 Å². The molecule has 3 heterocycles. The van der Waals surface area contributed by atoms with Gasteiger partial charge in [-0.05, 0) is 36.4 Å². The minimum absolute atomic E-state index is 0.0849. The van der Waals surface area contributed by atoms with Crippen molar-refractivity contribution < 1.29 is 22.0 Å². The van der Waals surface area contributed by atoms with Crippen LogP contribution in [0.2, 0.25) is 0 Å². The molecule has 0 unspecified atom stereocenters. The van der Waals surface area contributed by atoms with E-state index in [1.165, 1.54) is 36.7 Å². The molecule has 0 aliphatic rings. The fraction of sp³-hybridized carbons (Fsp3) is 0.158. The molecule has 0 aliphatic carbocycles. The molecule has 4 rings (SSSR count). The first-order valence-electron chi connectivity index (χ1n) is 8.75. The predicted molar refractivity (Wildman–Crippen MR) is 101 cm³/mol. The van der Waals surface area contributed by atoms with Gasteiger partial charge < -0.3 is 15.1 Å². The normalized spacial score (nSPS) is 11.6. The Hall–Kier alpha value is -3.76. The molecule has 0 fully saturated rings. The first-order chi connectivity index (χ1) is 14.4. The van der Waals surface area contributed by atoms with Crippen LogP contribution >= 0.6 is 0 Å². The van der Waals surface area contributed by atoms with E-state index in [4.69, 9.17) is 4.42 Å². The van der Waals surface area contributed by atoms with E-state index in [0.717, 1.165) is 0 Å². The summed E-state index contributed by atoms with van der Waals surface area (Å²) in [5, 5.41) is 5.13. The lowest BCUT2D eigenvalue weighted by atomic mass is 10.1. The van der Waals surface area contributed by atoms with Crippen molar-refractivity contribution in [2.75, 3.05) is 17.2 Å². The monoisotopic (exact) mass is 418 g/mol. The predicted octanol–water partition coefficient (Wildman–Crippen LogP) is 4.41. The quantitative estimate of drug-likeness (QED) is 0.449. The molecule has 0 saturated carbocycles. The number of hydrogen-bond donors (Lipinski definition) is 2. The van der Waals surface area contributed by atoms with Crippen molar-refractivity contribution in [3.8, 4) is 11.3 Å². The van der Waals surface area contributed by atoms with Crippen LogP contribution in [0.4, 0.5) is 29.3 Å². The standard InChI is InChI=1S/C19H14F4N6O/c20-12-3-1-11(2-4-12)13-5-6-14-16(27-13)17(26-10-19(21,22)23)29-18(28-14)25-9-15-24-7-8-30-15/h1-8H,9-10H2,(H2,25,26,28,29). The second kappa shape index (κ2) is 7.93. The Morgan fingerprint density at radius 3 is 2.43 bits per heavy atom. The van der Waals surface area contributed by atoms with Crippen molar-refractivity contribution in [3.05, 3.63) is 60.6 Å². The lowest BCUT2D eigenvalue weighted by Crippen LogP contribution is -2.22. The number of halogens is 4. The molecule has 154 valence electrons. The fourth-order valence-corrected chi connectivity index (χ4v) is 2.68. The lowest BCUT2D eigenvalue weighted by Gasteiger charge is -2.13. The number of nitrogens with zero attached hydrogens (tertiary/aromatic N) is 4. The number of pyridine rings is 1. The molecule has 0 aliphatic heterocycles. The molecule has 4 aromatic rings. The maximum Gasteiger partial charge on any atom is 0.405 e. The van der Waals surface area contributed by atoms with E-state index in [2.05, 4.69) is 30.6 Å². The largest absolute Gasteiger partial charge is 0.447 e. The van der Waals surface area contributed by atoms with Crippen LogP contribution in [0, 0.1) is 5.82 Å². The molecule has 0 atom stereocenters. The van der Waals surface area contributed by atoms with E-state index in [0.29, 0.717) is 22.7 Å². The van der Waals surface area contributed by atoms with Gasteiger partial charge in [0.1, 0.15) is 24.1 Å². The Kier molecular flexibility index (Phi) is 5.17. The molecular weight excluding hydrogens is 404 g/mol. The number of hydrogen-bond acceptors (Lipinski definition) is 7. The highest BCUT2D eigenvalue weighted by molar-refractivity contribution is 5.88. The zero-order valence-electron chi connectivity index (χ0n) is 15.2. The minimum Gasteiger partial charge on any atom is -0.447 e. The van der Waals surface area contributed by atoms with Gasteiger partial charge in [-0.1, -0.05) is 0 Å². The summed E-state index contributed by atoms with van der Waals surface area (Å²) in [6.45, 7) is -1.14. The van der Waals surface area contributed by atoms with Gasteiger partial charge in [0, 0.05) is 5.56 Å². The average Bonchev–Trinajstić information content (AvgIpc) is 3.24. The number of fused-ring (bicyclic) bond motifs is 1. The Bertz CT molecular complexity index is 1150. The lowest BCUT2D eigenvalue weighted by molar-refractivity contribution is -0.115. The molecule has 0 radical (unpaired) electrons. The van der Waals surface area contributed by atoms with E-state index < -0.39 is 18.5 Å². The summed E-state index contributed by atoms with van der Waals surface area (Å²) in [5.74, 6) is -0.0386. The van der Waals surface area contributed by atoms with Crippen LogP contribution in [0.1, 0.15) is 5.89 Å². The zero-order valence-corrected chi connectivity index (χ0v) is 15.2. The van der Waals surface area contributed by atoms with Crippen LogP contribution < -0.4 is 10.6 Å². The van der Waals surface area contributed by atoms with Gasteiger partial charge in [-0.15, -0.1) is 0 Å². The van der Waals surface area contributed by atoms with Gasteiger partial charge in [-0.2, -0.15) is 18.2 Å². The van der Waals surface area contributed by atoms with Crippen LogP contribution in [0.15, 0.2) is 53.3 Å². The first kappa shape index (κ1) is 19.6. The number of benzene rings is 1. The van der Waals surface area contributed by atoms with Crippen molar-refractivity contribution in [1.82, 2.24) is 19.9 Å². The van der Waals surface area contributed by atoms with E-state index in [9.17, 15) is 17.6 Å². The maximum atomic E-state index is 13.2. The summed E-state index contributed by atoms with van der Waals surface area (Å²) >= 11 is 0. The molecule has 0 saturated heterocycles. The summed E-state index contributed by atoms with van der Waals surface area (Å²) in [6, 6.07) is 8.86. The van der Waals surface area contributed by atoms with Gasteiger partial charge in [0.2, 0.25) is 11.8 Å². The van der Waals surface area contributed by atoms with Gasteiger partial charge in [0.25, 0.3) is 0 Å². The van der Waals surface area contributed by atoms with Crippen molar-refractivity contribution in [2.24, 2.45) is 0 Å². The Morgan fingerprint density at radius 2 is 1.73 bits per heavy atom. The second-order valence-corrected chi connectivity index (χ2v) is 6.22. The molecule has 0 spiro atoms. The Morgan fingerprint density at radius 1 is 0.933 bits per heavy atom. The SMILES string of the molecule is Fc1ccc(-c2ccc3nc(NCc4ncco4)nc(NCC(F)(F)F)c3n2)cc1. The van der Waals surface area contributed by atoms with Crippen molar-refractivity contribution in [2.45, 2.75) is 12.7 Å². The zero-order chi connectivity index (χ0) is 21.1. The first-order valence-corrected chi connectivity index (χ1v) is 8.75. The van der Waals surface area contributed by atoms with E-state index in [-0.39, 0.29) is 23.8 Å². The Balaban J connectivity index is 1.71. The summed E-state index contributed by atoms with van der Waals surface area (Å²) < 4.78 is 56.6. The summed E-state index contributed by atoms with van der Waals surface area (Å²) in [6.07, 6.45) is -1.58. The molecule has 0 amide bonds. The summed E-state index contributed by atoms with van der Waals surface area (Å²) in [4.78, 5) is 16.8. The molecule has 7 nitrogen and oxygen atoms in total. The topological polar surface area (TPSA) is 88.8 Å². The third-order valence-corrected chi connectivity index (χ3v) is 4.02. The number of alkyl halides is 3. The highest BCUT2D eigenvalue weighted by atomic mass is 19.4. The number of aromatic nitrogens is 4. The minimum atomic E-state index is -4.45. The van der Waals surface area contributed by atoms with Crippen LogP contribution in [-0.2, 0) is 6.54 Å². The van der Waals surface area contributed by atoms with E-state index >= 15 is 0 Å². The summed E-state index contributed by atoms with van der Waals surface area (Å²) in [5.41, 5.74) is 1.53. The van der Waals surface area contributed by atoms with Crippen molar-refractivity contribution in [3.63, 3.8) is 0 Å². The van der Waals surface area contributed by atoms with Crippen LogP contribution in [0.5, 0.6) is 0 Å². The molecule has 0 bridgehead atoms. The highest BCUT2D eigenvalue weighted by Gasteiger charge is 2.27. The van der Waals surface area contributed by atoms with Crippen molar-refractivity contribution in [1.29, 1.82) is 0 Å². The molecule has 1 aromatic carbocycles. The molecule has 11 heteroatoms. The summed E-state index contributed by atoms with van der Waals surface area (Å²) in [7, 11) is 0. The number of anilines is 2. The fourth-order valence-electron chi connectivity index (χ4n) is 2.68.